The first-order valence-electron chi connectivity index (χ1n) is 7.71. The van der Waals surface area contributed by atoms with Crippen LogP contribution in [0.3, 0.4) is 0 Å². The summed E-state index contributed by atoms with van der Waals surface area (Å²) >= 11 is 6.17. The van der Waals surface area contributed by atoms with Crippen molar-refractivity contribution in [1.82, 2.24) is 0 Å². The number of carbonyl (C=O) groups excluding carboxylic acids is 1. The lowest BCUT2D eigenvalue weighted by molar-refractivity contribution is -0.107. The average molecular weight is 450 g/mol. The number of aliphatic imine (C=N–C) groups is 1. The molecule has 1 aliphatic heterocycles. The first-order chi connectivity index (χ1) is 12.6. The largest absolute Gasteiger partial charge is 0.493 e. The molecule has 0 fully saturated rings. The van der Waals surface area contributed by atoms with Gasteiger partial charge in [0.15, 0.2) is 11.5 Å². The van der Waals surface area contributed by atoms with Crippen molar-refractivity contribution < 1.29 is 14.3 Å². The van der Waals surface area contributed by atoms with Crippen LogP contribution >= 0.6 is 39.5 Å². The maximum absolute atomic E-state index is 12.3. The van der Waals surface area contributed by atoms with Gasteiger partial charge in [0.05, 0.1) is 14.2 Å². The Bertz CT molecular complexity index is 882. The Balaban J connectivity index is 1.83. The van der Waals surface area contributed by atoms with Gasteiger partial charge < -0.3 is 9.47 Å². The number of thioether (sulfide) groups is 2. The first kappa shape index (κ1) is 19.1. The number of benzene rings is 2. The number of hydrogen-bond acceptors (Lipinski definition) is 6. The van der Waals surface area contributed by atoms with Gasteiger partial charge in [0.25, 0.3) is 0 Å². The van der Waals surface area contributed by atoms with Crippen molar-refractivity contribution >= 4 is 55.0 Å². The van der Waals surface area contributed by atoms with Gasteiger partial charge in [-0.1, -0.05) is 58.0 Å². The SMILES string of the molecule is COc1cc(Br)cc(/C=C2/N=C(SCc3ccccc3)SC2=O)c1OC. The van der Waals surface area contributed by atoms with E-state index < -0.39 is 0 Å². The van der Waals surface area contributed by atoms with Crippen LogP contribution in [0.2, 0.25) is 0 Å². The minimum absolute atomic E-state index is 0.0680. The third-order valence-corrected chi connectivity index (χ3v) is 6.11. The summed E-state index contributed by atoms with van der Waals surface area (Å²) < 4.78 is 12.4. The van der Waals surface area contributed by atoms with Gasteiger partial charge in [-0.25, -0.2) is 4.99 Å². The summed E-state index contributed by atoms with van der Waals surface area (Å²) in [4.78, 5) is 16.8. The number of rotatable bonds is 5. The molecule has 0 bridgehead atoms. The molecule has 0 radical (unpaired) electrons. The van der Waals surface area contributed by atoms with Crippen LogP contribution in [0, 0.1) is 0 Å². The predicted octanol–water partition coefficient (Wildman–Crippen LogP) is 5.37. The van der Waals surface area contributed by atoms with Crippen LogP contribution in [0.15, 0.2) is 57.6 Å². The van der Waals surface area contributed by atoms with Gasteiger partial charge in [-0.05, 0) is 35.5 Å². The van der Waals surface area contributed by atoms with Crippen LogP contribution in [0.1, 0.15) is 11.1 Å². The van der Waals surface area contributed by atoms with E-state index in [0.29, 0.717) is 17.2 Å². The molecule has 0 saturated heterocycles. The van der Waals surface area contributed by atoms with E-state index in [1.165, 1.54) is 5.56 Å². The van der Waals surface area contributed by atoms with Gasteiger partial charge in [0.1, 0.15) is 10.1 Å². The number of hydrogen-bond donors (Lipinski definition) is 0. The normalized spacial score (nSPS) is 15.3. The number of halogens is 1. The van der Waals surface area contributed by atoms with E-state index in [2.05, 4.69) is 33.1 Å². The third-order valence-electron chi connectivity index (χ3n) is 3.57. The topological polar surface area (TPSA) is 47.9 Å². The molecule has 3 rings (SSSR count). The first-order valence-corrected chi connectivity index (χ1v) is 10.3. The van der Waals surface area contributed by atoms with Crippen molar-refractivity contribution in [2.45, 2.75) is 5.75 Å². The molecule has 0 unspecified atom stereocenters. The Labute approximate surface area is 169 Å². The van der Waals surface area contributed by atoms with E-state index in [-0.39, 0.29) is 5.12 Å². The molecule has 1 heterocycles. The molecule has 0 atom stereocenters. The lowest BCUT2D eigenvalue weighted by Gasteiger charge is -2.11. The molecule has 0 saturated carbocycles. The highest BCUT2D eigenvalue weighted by molar-refractivity contribution is 9.10. The van der Waals surface area contributed by atoms with E-state index in [0.717, 1.165) is 31.9 Å². The third kappa shape index (κ3) is 4.52. The fourth-order valence-corrected chi connectivity index (χ4v) is 4.64. The predicted molar refractivity (Wildman–Crippen MR) is 113 cm³/mol. The Kier molecular flexibility index (Phi) is 6.45. The second-order valence-electron chi connectivity index (χ2n) is 5.30. The lowest BCUT2D eigenvalue weighted by atomic mass is 10.1. The van der Waals surface area contributed by atoms with Crippen molar-refractivity contribution in [2.75, 3.05) is 14.2 Å². The highest BCUT2D eigenvalue weighted by Crippen LogP contribution is 2.38. The summed E-state index contributed by atoms with van der Waals surface area (Å²) in [7, 11) is 3.15. The zero-order chi connectivity index (χ0) is 18.5. The molecule has 0 spiro atoms. The number of nitrogens with zero attached hydrogens (tertiary/aromatic N) is 1. The summed E-state index contributed by atoms with van der Waals surface area (Å²) in [6.07, 6.45) is 1.73. The van der Waals surface area contributed by atoms with E-state index in [1.54, 1.807) is 32.1 Å². The molecular weight excluding hydrogens is 434 g/mol. The van der Waals surface area contributed by atoms with Crippen molar-refractivity contribution in [2.24, 2.45) is 4.99 Å². The summed E-state index contributed by atoms with van der Waals surface area (Å²) in [5.74, 6) is 1.94. The van der Waals surface area contributed by atoms with Crippen molar-refractivity contribution in [1.29, 1.82) is 0 Å². The highest BCUT2D eigenvalue weighted by Gasteiger charge is 2.23. The zero-order valence-corrected chi connectivity index (χ0v) is 17.4. The lowest BCUT2D eigenvalue weighted by Crippen LogP contribution is -1.95. The van der Waals surface area contributed by atoms with E-state index in [4.69, 9.17) is 9.47 Å². The Morgan fingerprint density at radius 2 is 1.96 bits per heavy atom. The van der Waals surface area contributed by atoms with Gasteiger partial charge in [-0.3, -0.25) is 4.79 Å². The molecule has 2 aromatic rings. The minimum atomic E-state index is -0.0680. The van der Waals surface area contributed by atoms with Crippen LogP contribution in [0.5, 0.6) is 11.5 Å². The van der Waals surface area contributed by atoms with Crippen molar-refractivity contribution in [3.8, 4) is 11.5 Å². The van der Waals surface area contributed by atoms with Gasteiger partial charge in [-0.15, -0.1) is 0 Å². The molecule has 0 aromatic heterocycles. The number of ether oxygens (including phenoxy) is 2. The van der Waals surface area contributed by atoms with Crippen LogP contribution in [0.4, 0.5) is 0 Å². The maximum atomic E-state index is 12.3. The van der Waals surface area contributed by atoms with E-state index in [9.17, 15) is 4.79 Å². The van der Waals surface area contributed by atoms with Crippen LogP contribution in [0.25, 0.3) is 6.08 Å². The fourth-order valence-electron chi connectivity index (χ4n) is 2.38. The zero-order valence-electron chi connectivity index (χ0n) is 14.2. The minimum Gasteiger partial charge on any atom is -0.493 e. The maximum Gasteiger partial charge on any atom is 0.244 e. The summed E-state index contributed by atoms with van der Waals surface area (Å²) in [6, 6.07) is 13.8. The van der Waals surface area contributed by atoms with Gasteiger partial charge in [-0.2, -0.15) is 0 Å². The second-order valence-corrected chi connectivity index (χ2v) is 8.40. The van der Waals surface area contributed by atoms with Crippen LogP contribution in [-0.2, 0) is 10.5 Å². The number of carbonyl (C=O) groups is 1. The molecule has 1 aliphatic rings. The smallest absolute Gasteiger partial charge is 0.244 e. The average Bonchev–Trinajstić information content (AvgIpc) is 3.00. The highest BCUT2D eigenvalue weighted by atomic mass is 79.9. The second kappa shape index (κ2) is 8.79. The van der Waals surface area contributed by atoms with Crippen LogP contribution < -0.4 is 9.47 Å². The molecule has 4 nitrogen and oxygen atoms in total. The van der Waals surface area contributed by atoms with Gasteiger partial charge >= 0.3 is 0 Å². The van der Waals surface area contributed by atoms with Gasteiger partial charge in [0.2, 0.25) is 5.12 Å². The molecule has 0 amide bonds. The summed E-state index contributed by atoms with van der Waals surface area (Å²) in [5, 5.41) is -0.0680. The summed E-state index contributed by atoms with van der Waals surface area (Å²) in [5.41, 5.74) is 2.34. The fraction of sp³-hybridized carbons (Fsp3) is 0.158. The monoisotopic (exact) mass is 449 g/mol. The molecule has 134 valence electrons. The molecule has 0 N–H and O–H groups in total. The Hall–Kier alpha value is -1.70. The molecule has 0 aliphatic carbocycles. The van der Waals surface area contributed by atoms with Crippen molar-refractivity contribution in [3.05, 3.63) is 63.8 Å². The van der Waals surface area contributed by atoms with E-state index in [1.807, 2.05) is 30.3 Å². The molecule has 7 heteroatoms. The van der Waals surface area contributed by atoms with Crippen LogP contribution in [-0.4, -0.2) is 23.7 Å². The van der Waals surface area contributed by atoms with E-state index >= 15 is 0 Å². The van der Waals surface area contributed by atoms with Crippen molar-refractivity contribution in [3.63, 3.8) is 0 Å². The van der Waals surface area contributed by atoms with Gasteiger partial charge in [0, 0.05) is 15.8 Å². The standard InChI is InChI=1S/C19H16BrNO3S2/c1-23-16-10-14(20)8-13(17(16)24-2)9-15-18(22)26-19(21-15)25-11-12-6-4-3-5-7-12/h3-10H,11H2,1-2H3/b15-9+. The molecular formula is C19H16BrNO3S2. The quantitative estimate of drug-likeness (QED) is 0.574. The molecule has 26 heavy (non-hydrogen) atoms. The summed E-state index contributed by atoms with van der Waals surface area (Å²) in [6.45, 7) is 0. The Morgan fingerprint density at radius 1 is 1.19 bits per heavy atom. The Morgan fingerprint density at radius 3 is 2.65 bits per heavy atom. The molecule has 2 aromatic carbocycles. The number of methoxy groups -OCH3 is 2.